The van der Waals surface area contributed by atoms with Crippen molar-refractivity contribution in [3.05, 3.63) is 53.9 Å². The molecule has 3 rings (SSSR count). The number of fused-ring (bicyclic) bond motifs is 1. The summed E-state index contributed by atoms with van der Waals surface area (Å²) >= 11 is 0. The van der Waals surface area contributed by atoms with E-state index in [1.165, 1.54) is 20.0 Å². The Morgan fingerprint density at radius 1 is 1.16 bits per heavy atom. The van der Waals surface area contributed by atoms with E-state index in [2.05, 4.69) is 15.4 Å². The molecule has 0 aliphatic heterocycles. The monoisotopic (exact) mass is 338 g/mol. The minimum Gasteiger partial charge on any atom is -0.480 e. The molecule has 0 saturated carbocycles. The largest absolute Gasteiger partial charge is 0.480 e. The zero-order valence-electron chi connectivity index (χ0n) is 14.1. The first kappa shape index (κ1) is 16.6. The van der Waals surface area contributed by atoms with Gasteiger partial charge in [0.05, 0.1) is 23.0 Å². The third-order valence-corrected chi connectivity index (χ3v) is 4.02. The molecule has 7 heteroatoms. The number of rotatable bonds is 4. The van der Waals surface area contributed by atoms with Crippen LogP contribution in [0.2, 0.25) is 0 Å². The Bertz CT molecular complexity index is 975. The maximum absolute atomic E-state index is 12.4. The van der Waals surface area contributed by atoms with Gasteiger partial charge in [-0.1, -0.05) is 18.2 Å². The number of carboxylic acid groups (broad SMARTS) is 1. The molecule has 128 valence electrons. The number of hydrogen-bond donors (Lipinski definition) is 2. The van der Waals surface area contributed by atoms with Crippen LogP contribution >= 0.6 is 0 Å². The molecule has 3 aromatic rings. The fraction of sp³-hybridized carbons (Fsp3) is 0.222. The van der Waals surface area contributed by atoms with Gasteiger partial charge in [0.2, 0.25) is 0 Å². The summed E-state index contributed by atoms with van der Waals surface area (Å²) in [6.07, 6.45) is 1.42. The summed E-state index contributed by atoms with van der Waals surface area (Å²) in [5.74, 6) is -1.01. The number of carbonyl (C=O) groups excluding carboxylic acids is 1. The van der Waals surface area contributed by atoms with Gasteiger partial charge in [-0.3, -0.25) is 4.79 Å². The van der Waals surface area contributed by atoms with E-state index in [0.29, 0.717) is 17.1 Å². The molecule has 0 unspecified atom stereocenters. The van der Waals surface area contributed by atoms with E-state index in [0.717, 1.165) is 10.9 Å². The zero-order chi connectivity index (χ0) is 18.2. The van der Waals surface area contributed by atoms with Crippen LogP contribution < -0.4 is 5.32 Å². The van der Waals surface area contributed by atoms with Gasteiger partial charge in [0.15, 0.2) is 5.82 Å². The van der Waals surface area contributed by atoms with Crippen molar-refractivity contribution < 1.29 is 14.7 Å². The van der Waals surface area contributed by atoms with Crippen LogP contribution in [0.5, 0.6) is 0 Å². The predicted molar refractivity (Wildman–Crippen MR) is 92.8 cm³/mol. The van der Waals surface area contributed by atoms with E-state index in [1.54, 1.807) is 11.6 Å². The number of amides is 1. The second-order valence-electron chi connectivity index (χ2n) is 6.30. The maximum atomic E-state index is 12.4. The van der Waals surface area contributed by atoms with Gasteiger partial charge in [-0.05, 0) is 39.0 Å². The molecule has 0 aliphatic carbocycles. The highest BCUT2D eigenvalue weighted by Gasteiger charge is 2.30. The van der Waals surface area contributed by atoms with Crippen molar-refractivity contribution in [3.8, 4) is 5.82 Å². The minimum absolute atomic E-state index is 0.310. The van der Waals surface area contributed by atoms with Crippen LogP contribution in [0.4, 0.5) is 0 Å². The molecule has 0 bridgehead atoms. The normalized spacial score (nSPS) is 11.5. The second kappa shape index (κ2) is 6.01. The number of carboxylic acids is 1. The summed E-state index contributed by atoms with van der Waals surface area (Å²) < 4.78 is 1.56. The van der Waals surface area contributed by atoms with Crippen molar-refractivity contribution in [2.24, 2.45) is 0 Å². The van der Waals surface area contributed by atoms with Gasteiger partial charge >= 0.3 is 5.97 Å². The first-order valence-corrected chi connectivity index (χ1v) is 7.76. The lowest BCUT2D eigenvalue weighted by Crippen LogP contribution is -2.49. The Kier molecular flexibility index (Phi) is 4.00. The fourth-order valence-corrected chi connectivity index (χ4v) is 2.44. The summed E-state index contributed by atoms with van der Waals surface area (Å²) in [7, 11) is 0. The Hall–Kier alpha value is -3.22. The quantitative estimate of drug-likeness (QED) is 0.761. The van der Waals surface area contributed by atoms with Crippen LogP contribution in [0.3, 0.4) is 0 Å². The number of aromatic nitrogens is 3. The van der Waals surface area contributed by atoms with Gasteiger partial charge in [0.1, 0.15) is 5.54 Å². The third kappa shape index (κ3) is 3.08. The van der Waals surface area contributed by atoms with Crippen molar-refractivity contribution >= 4 is 22.8 Å². The molecule has 7 nitrogen and oxygen atoms in total. The summed E-state index contributed by atoms with van der Waals surface area (Å²) in [6, 6.07) is 11.5. The van der Waals surface area contributed by atoms with Gasteiger partial charge in [-0.15, -0.1) is 0 Å². The average Bonchev–Trinajstić information content (AvgIpc) is 2.95. The first-order chi connectivity index (χ1) is 11.8. The van der Waals surface area contributed by atoms with Crippen LogP contribution in [0.25, 0.3) is 16.7 Å². The van der Waals surface area contributed by atoms with Gasteiger partial charge in [-0.2, -0.15) is 5.10 Å². The van der Waals surface area contributed by atoms with E-state index in [9.17, 15) is 9.59 Å². The maximum Gasteiger partial charge on any atom is 0.328 e. The Balaban J connectivity index is 1.95. The van der Waals surface area contributed by atoms with Crippen LogP contribution in [0.15, 0.2) is 42.6 Å². The molecule has 0 atom stereocenters. The highest BCUT2D eigenvalue weighted by atomic mass is 16.4. The van der Waals surface area contributed by atoms with E-state index < -0.39 is 17.4 Å². The van der Waals surface area contributed by atoms with Crippen molar-refractivity contribution in [2.75, 3.05) is 0 Å². The Morgan fingerprint density at radius 2 is 1.88 bits per heavy atom. The summed E-state index contributed by atoms with van der Waals surface area (Å²) in [5, 5.41) is 16.9. The smallest absolute Gasteiger partial charge is 0.328 e. The summed E-state index contributed by atoms with van der Waals surface area (Å²) in [6.45, 7) is 4.60. The number of hydrogen-bond acceptors (Lipinski definition) is 4. The minimum atomic E-state index is -1.37. The van der Waals surface area contributed by atoms with Gasteiger partial charge < -0.3 is 10.4 Å². The molecular formula is C18H18N4O3. The molecule has 0 spiro atoms. The molecule has 0 fully saturated rings. The molecule has 1 amide bonds. The summed E-state index contributed by atoms with van der Waals surface area (Å²) in [5.41, 5.74) is 0.353. The Morgan fingerprint density at radius 3 is 2.60 bits per heavy atom. The van der Waals surface area contributed by atoms with Crippen LogP contribution in [-0.2, 0) is 4.79 Å². The number of nitrogens with zero attached hydrogens (tertiary/aromatic N) is 3. The number of benzene rings is 1. The predicted octanol–water partition coefficient (Wildman–Crippen LogP) is 2.32. The molecule has 2 N–H and O–H groups in total. The van der Waals surface area contributed by atoms with Gasteiger partial charge in [0.25, 0.3) is 5.91 Å². The van der Waals surface area contributed by atoms with Crippen molar-refractivity contribution in [3.63, 3.8) is 0 Å². The number of carbonyl (C=O) groups is 2. The number of nitrogens with one attached hydrogen (secondary N) is 1. The highest BCUT2D eigenvalue weighted by Crippen LogP contribution is 2.17. The second-order valence-corrected chi connectivity index (χ2v) is 6.30. The first-order valence-electron chi connectivity index (χ1n) is 7.76. The third-order valence-electron chi connectivity index (χ3n) is 4.02. The zero-order valence-corrected chi connectivity index (χ0v) is 14.1. The lowest BCUT2D eigenvalue weighted by atomic mass is 10.1. The highest BCUT2D eigenvalue weighted by molar-refractivity contribution is 5.98. The van der Waals surface area contributed by atoms with Gasteiger partial charge in [-0.25, -0.2) is 14.5 Å². The van der Waals surface area contributed by atoms with Crippen molar-refractivity contribution in [2.45, 2.75) is 26.3 Å². The number of para-hydroxylation sites is 1. The fourth-order valence-electron chi connectivity index (χ4n) is 2.44. The topological polar surface area (TPSA) is 97.1 Å². The Labute approximate surface area is 144 Å². The molecule has 0 saturated heterocycles. The average molecular weight is 338 g/mol. The molecule has 25 heavy (non-hydrogen) atoms. The van der Waals surface area contributed by atoms with E-state index in [1.807, 2.05) is 36.4 Å². The molecule has 2 heterocycles. The van der Waals surface area contributed by atoms with E-state index in [-0.39, 0.29) is 0 Å². The van der Waals surface area contributed by atoms with Crippen molar-refractivity contribution in [1.29, 1.82) is 0 Å². The molecule has 1 aromatic carbocycles. The molecule has 0 aliphatic rings. The van der Waals surface area contributed by atoms with Crippen LogP contribution in [0, 0.1) is 6.92 Å². The lowest BCUT2D eigenvalue weighted by molar-refractivity contribution is -0.143. The molecular weight excluding hydrogens is 320 g/mol. The number of pyridine rings is 1. The standard InChI is InChI=1S/C18H18N4O3/c1-11-13(16(23)21-18(2,3)17(24)25)10-19-22(11)15-9-8-12-6-4-5-7-14(12)20-15/h4-10H,1-3H3,(H,21,23)(H,24,25). The van der Waals surface area contributed by atoms with Crippen LogP contribution in [0.1, 0.15) is 29.9 Å². The molecule has 0 radical (unpaired) electrons. The van der Waals surface area contributed by atoms with Crippen molar-refractivity contribution in [1.82, 2.24) is 20.1 Å². The SMILES string of the molecule is Cc1c(C(=O)NC(C)(C)C(=O)O)cnn1-c1ccc2ccccc2n1. The van der Waals surface area contributed by atoms with Crippen LogP contribution in [-0.4, -0.2) is 37.3 Å². The number of aliphatic carboxylic acids is 1. The van der Waals surface area contributed by atoms with Gasteiger partial charge in [0, 0.05) is 5.39 Å². The lowest BCUT2D eigenvalue weighted by Gasteiger charge is -2.20. The van der Waals surface area contributed by atoms with E-state index in [4.69, 9.17) is 5.11 Å². The van der Waals surface area contributed by atoms with E-state index >= 15 is 0 Å². The summed E-state index contributed by atoms with van der Waals surface area (Å²) in [4.78, 5) is 28.1. The molecule has 2 aromatic heterocycles.